The van der Waals surface area contributed by atoms with Gasteiger partial charge in [-0.25, -0.2) is 4.79 Å². The summed E-state index contributed by atoms with van der Waals surface area (Å²) in [4.78, 5) is 25.5. The summed E-state index contributed by atoms with van der Waals surface area (Å²) in [6.07, 6.45) is 1.65. The molecule has 0 saturated carbocycles. The van der Waals surface area contributed by atoms with Crippen LogP contribution in [0.5, 0.6) is 0 Å². The standard InChI is InChI=1S/C17H25N3O4/c1-23-11-15(18)16(21)20-8-6-13(7-9-20)19-14-5-3-4-12(10-14)17(22)24-2/h3-5,10,13,15,19H,6-9,11,18H2,1-2H3. The molecule has 1 atom stereocenters. The van der Waals surface area contributed by atoms with Crippen molar-refractivity contribution >= 4 is 17.6 Å². The van der Waals surface area contributed by atoms with Gasteiger partial charge in [0.05, 0.1) is 19.3 Å². The lowest BCUT2D eigenvalue weighted by Gasteiger charge is -2.34. The Kier molecular flexibility index (Phi) is 6.57. The number of benzene rings is 1. The molecule has 1 unspecified atom stereocenters. The topological polar surface area (TPSA) is 93.9 Å². The van der Waals surface area contributed by atoms with E-state index in [-0.39, 0.29) is 24.5 Å². The number of nitrogens with one attached hydrogen (secondary N) is 1. The Morgan fingerprint density at radius 1 is 1.33 bits per heavy atom. The number of nitrogens with zero attached hydrogens (tertiary/aromatic N) is 1. The molecule has 24 heavy (non-hydrogen) atoms. The zero-order chi connectivity index (χ0) is 17.5. The summed E-state index contributed by atoms with van der Waals surface area (Å²) in [5.74, 6) is -0.422. The fourth-order valence-electron chi connectivity index (χ4n) is 2.82. The Hall–Kier alpha value is -2.12. The number of nitrogens with two attached hydrogens (primary N) is 1. The van der Waals surface area contributed by atoms with Crippen LogP contribution in [0.1, 0.15) is 23.2 Å². The molecule has 1 heterocycles. The normalized spacial score (nSPS) is 16.5. The van der Waals surface area contributed by atoms with Crippen molar-refractivity contribution in [1.82, 2.24) is 4.90 Å². The molecule has 1 saturated heterocycles. The number of hydrogen-bond donors (Lipinski definition) is 2. The summed E-state index contributed by atoms with van der Waals surface area (Å²) >= 11 is 0. The summed E-state index contributed by atoms with van der Waals surface area (Å²) in [6, 6.07) is 6.87. The molecule has 3 N–H and O–H groups in total. The number of carbonyl (C=O) groups is 2. The number of amides is 1. The van der Waals surface area contributed by atoms with E-state index < -0.39 is 6.04 Å². The lowest BCUT2D eigenvalue weighted by Crippen LogP contribution is -2.50. The van der Waals surface area contributed by atoms with Gasteiger partial charge in [-0.3, -0.25) is 4.79 Å². The number of methoxy groups -OCH3 is 2. The Morgan fingerprint density at radius 2 is 2.04 bits per heavy atom. The van der Waals surface area contributed by atoms with Crippen LogP contribution in [0.2, 0.25) is 0 Å². The number of piperidine rings is 1. The smallest absolute Gasteiger partial charge is 0.337 e. The molecular weight excluding hydrogens is 310 g/mol. The van der Waals surface area contributed by atoms with Gasteiger partial charge < -0.3 is 25.4 Å². The zero-order valence-corrected chi connectivity index (χ0v) is 14.2. The minimum atomic E-state index is -0.601. The van der Waals surface area contributed by atoms with Crippen LogP contribution in [0, 0.1) is 0 Å². The number of likely N-dealkylation sites (tertiary alicyclic amines) is 1. The molecule has 1 aromatic rings. The monoisotopic (exact) mass is 335 g/mol. The van der Waals surface area contributed by atoms with E-state index in [1.54, 1.807) is 17.0 Å². The van der Waals surface area contributed by atoms with Crippen molar-refractivity contribution in [1.29, 1.82) is 0 Å². The number of hydrogen-bond acceptors (Lipinski definition) is 6. The van der Waals surface area contributed by atoms with E-state index in [9.17, 15) is 9.59 Å². The maximum atomic E-state index is 12.2. The third-order valence-electron chi connectivity index (χ3n) is 4.12. The van der Waals surface area contributed by atoms with Gasteiger partial charge in [-0.1, -0.05) is 6.07 Å². The third kappa shape index (κ3) is 4.69. The van der Waals surface area contributed by atoms with Crippen molar-refractivity contribution in [2.24, 2.45) is 5.73 Å². The summed E-state index contributed by atoms with van der Waals surface area (Å²) in [6.45, 7) is 1.55. The Labute approximate surface area is 142 Å². The van der Waals surface area contributed by atoms with Crippen LogP contribution in [-0.2, 0) is 14.3 Å². The first-order chi connectivity index (χ1) is 11.5. The first-order valence-corrected chi connectivity index (χ1v) is 8.03. The molecule has 1 fully saturated rings. The van der Waals surface area contributed by atoms with Gasteiger partial charge in [0.1, 0.15) is 6.04 Å². The van der Waals surface area contributed by atoms with E-state index in [1.165, 1.54) is 14.2 Å². The molecule has 2 rings (SSSR count). The highest BCUT2D eigenvalue weighted by atomic mass is 16.5. The minimum absolute atomic E-state index is 0.0667. The Balaban J connectivity index is 1.87. The quantitative estimate of drug-likeness (QED) is 0.749. The molecule has 0 bridgehead atoms. The average Bonchev–Trinajstić information content (AvgIpc) is 2.61. The highest BCUT2D eigenvalue weighted by Gasteiger charge is 2.26. The fraction of sp³-hybridized carbons (Fsp3) is 0.529. The second-order valence-corrected chi connectivity index (χ2v) is 5.88. The van der Waals surface area contributed by atoms with Gasteiger partial charge in [0.25, 0.3) is 0 Å². The predicted molar refractivity (Wildman–Crippen MR) is 90.9 cm³/mol. The van der Waals surface area contributed by atoms with Crippen LogP contribution in [-0.4, -0.2) is 62.8 Å². The average molecular weight is 335 g/mol. The molecule has 0 spiro atoms. The van der Waals surface area contributed by atoms with Gasteiger partial charge in [0, 0.05) is 31.9 Å². The van der Waals surface area contributed by atoms with Crippen LogP contribution in [0.15, 0.2) is 24.3 Å². The predicted octanol–water partition coefficient (Wildman–Crippen LogP) is 0.850. The van der Waals surface area contributed by atoms with Gasteiger partial charge in [-0.2, -0.15) is 0 Å². The SMILES string of the molecule is COCC(N)C(=O)N1CCC(Nc2cccc(C(=O)OC)c2)CC1. The van der Waals surface area contributed by atoms with Crippen molar-refractivity contribution in [3.8, 4) is 0 Å². The second-order valence-electron chi connectivity index (χ2n) is 5.88. The molecule has 0 aliphatic carbocycles. The molecule has 132 valence electrons. The van der Waals surface area contributed by atoms with Crippen LogP contribution in [0.3, 0.4) is 0 Å². The first kappa shape index (κ1) is 18.2. The van der Waals surface area contributed by atoms with Crippen LogP contribution < -0.4 is 11.1 Å². The van der Waals surface area contributed by atoms with Gasteiger partial charge in [0.15, 0.2) is 0 Å². The summed E-state index contributed by atoms with van der Waals surface area (Å²) < 4.78 is 9.66. The highest BCUT2D eigenvalue weighted by Crippen LogP contribution is 2.18. The number of ether oxygens (including phenoxy) is 2. The van der Waals surface area contributed by atoms with Crippen molar-refractivity contribution in [2.45, 2.75) is 24.9 Å². The van der Waals surface area contributed by atoms with Gasteiger partial charge in [-0.15, -0.1) is 0 Å². The molecule has 0 radical (unpaired) electrons. The van der Waals surface area contributed by atoms with E-state index in [1.807, 2.05) is 12.1 Å². The van der Waals surface area contributed by atoms with E-state index in [4.69, 9.17) is 15.2 Å². The van der Waals surface area contributed by atoms with Crippen LogP contribution in [0.4, 0.5) is 5.69 Å². The molecule has 1 aliphatic rings. The molecule has 7 nitrogen and oxygen atoms in total. The number of esters is 1. The van der Waals surface area contributed by atoms with Gasteiger partial charge >= 0.3 is 5.97 Å². The Bertz CT molecular complexity index is 571. The van der Waals surface area contributed by atoms with Crippen molar-refractivity contribution in [3.63, 3.8) is 0 Å². The zero-order valence-electron chi connectivity index (χ0n) is 14.2. The number of rotatable bonds is 6. The lowest BCUT2D eigenvalue weighted by molar-refractivity contribution is -0.134. The minimum Gasteiger partial charge on any atom is -0.465 e. The lowest BCUT2D eigenvalue weighted by atomic mass is 10.0. The highest BCUT2D eigenvalue weighted by molar-refractivity contribution is 5.90. The molecule has 7 heteroatoms. The number of anilines is 1. The van der Waals surface area contributed by atoms with E-state index in [0.717, 1.165) is 18.5 Å². The molecule has 0 aromatic heterocycles. The number of carbonyl (C=O) groups excluding carboxylic acids is 2. The largest absolute Gasteiger partial charge is 0.465 e. The maximum Gasteiger partial charge on any atom is 0.337 e. The summed E-state index contributed by atoms with van der Waals surface area (Å²) in [5.41, 5.74) is 7.19. The molecule has 1 amide bonds. The first-order valence-electron chi connectivity index (χ1n) is 8.03. The molecular formula is C17H25N3O4. The fourth-order valence-corrected chi connectivity index (χ4v) is 2.82. The second kappa shape index (κ2) is 8.65. The van der Waals surface area contributed by atoms with Crippen LogP contribution >= 0.6 is 0 Å². The van der Waals surface area contributed by atoms with E-state index in [0.29, 0.717) is 18.7 Å². The van der Waals surface area contributed by atoms with E-state index in [2.05, 4.69) is 5.32 Å². The maximum absolute atomic E-state index is 12.2. The van der Waals surface area contributed by atoms with Crippen LogP contribution in [0.25, 0.3) is 0 Å². The van der Waals surface area contributed by atoms with Gasteiger partial charge in [-0.05, 0) is 31.0 Å². The van der Waals surface area contributed by atoms with Crippen molar-refractivity contribution in [3.05, 3.63) is 29.8 Å². The van der Waals surface area contributed by atoms with Crippen molar-refractivity contribution in [2.75, 3.05) is 39.2 Å². The molecule has 1 aliphatic heterocycles. The summed E-state index contributed by atoms with van der Waals surface area (Å²) in [5, 5.41) is 3.41. The Morgan fingerprint density at radius 3 is 2.67 bits per heavy atom. The van der Waals surface area contributed by atoms with Gasteiger partial charge in [0.2, 0.25) is 5.91 Å². The summed E-state index contributed by atoms with van der Waals surface area (Å²) in [7, 11) is 2.90. The van der Waals surface area contributed by atoms with Crippen molar-refractivity contribution < 1.29 is 19.1 Å². The molecule has 1 aromatic carbocycles. The third-order valence-corrected chi connectivity index (χ3v) is 4.12. The van der Waals surface area contributed by atoms with E-state index >= 15 is 0 Å².